The Morgan fingerprint density at radius 2 is 2.10 bits per heavy atom. The first-order valence-electron chi connectivity index (χ1n) is 3.36. The van der Waals surface area contributed by atoms with Crippen molar-refractivity contribution in [2.75, 3.05) is 18.1 Å². The van der Waals surface area contributed by atoms with Gasteiger partial charge in [-0.3, -0.25) is 0 Å². The molecule has 2 N–H and O–H groups in total. The van der Waals surface area contributed by atoms with Crippen molar-refractivity contribution in [2.45, 2.75) is 18.8 Å². The molecule has 0 aliphatic carbocycles. The fourth-order valence-electron chi connectivity index (χ4n) is 0.710. The van der Waals surface area contributed by atoms with Gasteiger partial charge in [-0.2, -0.15) is 11.8 Å². The van der Waals surface area contributed by atoms with Gasteiger partial charge in [-0.05, 0) is 12.2 Å². The van der Waals surface area contributed by atoms with Crippen molar-refractivity contribution in [3.8, 4) is 0 Å². The number of hydrogen-bond donors (Lipinski definition) is 2. The zero-order valence-corrected chi connectivity index (χ0v) is 6.51. The van der Waals surface area contributed by atoms with Crippen molar-refractivity contribution in [2.24, 2.45) is 0 Å². The molecule has 2 atom stereocenters. The summed E-state index contributed by atoms with van der Waals surface area (Å²) < 4.78 is 4.78. The lowest BCUT2D eigenvalue weighted by molar-refractivity contribution is 0.156. The Bertz CT molecular complexity index is 99.0. The molecule has 3 nitrogen and oxygen atoms in total. The third-order valence-corrected chi connectivity index (χ3v) is 2.33. The average molecular weight is 164 g/mol. The normalized spacial score (nSPS) is 30.6. The van der Waals surface area contributed by atoms with Gasteiger partial charge in [-0.15, -0.1) is 0 Å². The maximum Gasteiger partial charge on any atom is 0.181 e. The minimum atomic E-state index is -0.505. The van der Waals surface area contributed by atoms with Gasteiger partial charge in [0, 0.05) is 5.75 Å². The van der Waals surface area contributed by atoms with E-state index in [1.54, 1.807) is 11.8 Å². The molecule has 0 radical (unpaired) electrons. The number of thioether (sulfide) groups is 1. The molecule has 2 unspecified atom stereocenters. The van der Waals surface area contributed by atoms with Gasteiger partial charge >= 0.3 is 0 Å². The highest BCUT2D eigenvalue weighted by Gasteiger charge is 2.35. The molecule has 4 heteroatoms. The van der Waals surface area contributed by atoms with Crippen LogP contribution in [0.1, 0.15) is 6.42 Å². The van der Waals surface area contributed by atoms with E-state index in [0.29, 0.717) is 0 Å². The van der Waals surface area contributed by atoms with Crippen LogP contribution < -0.4 is 0 Å². The van der Waals surface area contributed by atoms with Gasteiger partial charge in [0.25, 0.3) is 0 Å². The Morgan fingerprint density at radius 1 is 1.40 bits per heavy atom. The van der Waals surface area contributed by atoms with E-state index >= 15 is 0 Å². The van der Waals surface area contributed by atoms with Gasteiger partial charge in [0.15, 0.2) is 6.29 Å². The molecule has 0 spiro atoms. The van der Waals surface area contributed by atoms with Crippen LogP contribution in [0, 0.1) is 0 Å². The zero-order valence-electron chi connectivity index (χ0n) is 5.69. The minimum Gasteiger partial charge on any atom is -0.396 e. The molecule has 1 heterocycles. The molecular weight excluding hydrogens is 152 g/mol. The van der Waals surface area contributed by atoms with Crippen molar-refractivity contribution < 1.29 is 14.9 Å². The van der Waals surface area contributed by atoms with Gasteiger partial charge in [0.2, 0.25) is 0 Å². The fraction of sp³-hybridized carbons (Fsp3) is 1.00. The predicted octanol–water partition coefficient (Wildman–Crippen LogP) is -0.181. The molecule has 0 amide bonds. The van der Waals surface area contributed by atoms with Gasteiger partial charge < -0.3 is 14.9 Å². The van der Waals surface area contributed by atoms with Crippen LogP contribution in [0.2, 0.25) is 0 Å². The van der Waals surface area contributed by atoms with E-state index in [9.17, 15) is 0 Å². The van der Waals surface area contributed by atoms with Gasteiger partial charge in [0.1, 0.15) is 6.10 Å². The summed E-state index contributed by atoms with van der Waals surface area (Å²) >= 11 is 1.68. The minimum absolute atomic E-state index is 0.0752. The quantitative estimate of drug-likeness (QED) is 0.437. The number of ether oxygens (including phenoxy) is 1. The van der Waals surface area contributed by atoms with E-state index in [0.717, 1.165) is 17.9 Å². The maximum absolute atomic E-state index is 8.70. The lowest BCUT2D eigenvalue weighted by atomic mass is 10.4. The Balaban J connectivity index is 1.78. The summed E-state index contributed by atoms with van der Waals surface area (Å²) in [5.41, 5.74) is 0. The SMILES string of the molecule is OCCSCCC1OC1O. The molecule has 0 saturated carbocycles. The summed E-state index contributed by atoms with van der Waals surface area (Å²) in [4.78, 5) is 0. The van der Waals surface area contributed by atoms with Crippen LogP contribution in [0.4, 0.5) is 0 Å². The molecule has 1 fully saturated rings. The van der Waals surface area contributed by atoms with Crippen molar-refractivity contribution in [3.63, 3.8) is 0 Å². The van der Waals surface area contributed by atoms with Gasteiger partial charge in [-0.25, -0.2) is 0 Å². The standard InChI is InChI=1S/C6H12O3S/c7-2-4-10-3-1-5-6(8)9-5/h5-8H,1-4H2. The molecule has 1 rings (SSSR count). The number of aliphatic hydroxyl groups is 2. The molecule has 1 aliphatic heterocycles. The molecule has 0 aromatic heterocycles. The topological polar surface area (TPSA) is 53.0 Å². The van der Waals surface area contributed by atoms with Crippen molar-refractivity contribution >= 4 is 11.8 Å². The van der Waals surface area contributed by atoms with Crippen LogP contribution in [0.3, 0.4) is 0 Å². The van der Waals surface area contributed by atoms with Crippen LogP contribution in [0.25, 0.3) is 0 Å². The Morgan fingerprint density at radius 3 is 2.60 bits per heavy atom. The van der Waals surface area contributed by atoms with E-state index in [-0.39, 0.29) is 12.7 Å². The second-order valence-corrected chi connectivity index (χ2v) is 3.41. The van der Waals surface area contributed by atoms with Crippen LogP contribution >= 0.6 is 11.8 Å². The first-order valence-corrected chi connectivity index (χ1v) is 4.52. The molecule has 0 aromatic carbocycles. The Kier molecular flexibility index (Phi) is 3.48. The summed E-state index contributed by atoms with van der Waals surface area (Å²) in [6.45, 7) is 0.235. The van der Waals surface area contributed by atoms with Gasteiger partial charge in [-0.1, -0.05) is 0 Å². The van der Waals surface area contributed by atoms with Gasteiger partial charge in [0.05, 0.1) is 6.61 Å². The summed E-state index contributed by atoms with van der Waals surface area (Å²) in [5.74, 6) is 1.74. The van der Waals surface area contributed by atoms with Crippen molar-refractivity contribution in [1.82, 2.24) is 0 Å². The summed E-state index contributed by atoms with van der Waals surface area (Å²) in [7, 11) is 0. The number of rotatable bonds is 5. The Labute approximate surface area is 64.4 Å². The summed E-state index contributed by atoms with van der Waals surface area (Å²) in [6.07, 6.45) is 0.465. The van der Waals surface area contributed by atoms with Crippen LogP contribution in [0.5, 0.6) is 0 Å². The number of epoxide rings is 1. The third kappa shape index (κ3) is 2.88. The van der Waals surface area contributed by atoms with Crippen LogP contribution in [-0.2, 0) is 4.74 Å². The van der Waals surface area contributed by atoms with Crippen molar-refractivity contribution in [1.29, 1.82) is 0 Å². The van der Waals surface area contributed by atoms with E-state index in [2.05, 4.69) is 0 Å². The van der Waals surface area contributed by atoms with E-state index in [1.165, 1.54) is 0 Å². The molecule has 60 valence electrons. The second-order valence-electron chi connectivity index (χ2n) is 2.19. The molecule has 1 aliphatic rings. The summed E-state index contributed by atoms with van der Waals surface area (Å²) in [6, 6.07) is 0. The highest BCUT2D eigenvalue weighted by molar-refractivity contribution is 7.99. The maximum atomic E-state index is 8.70. The van der Waals surface area contributed by atoms with Crippen LogP contribution in [0.15, 0.2) is 0 Å². The highest BCUT2D eigenvalue weighted by atomic mass is 32.2. The number of hydrogen-bond acceptors (Lipinski definition) is 4. The number of aliphatic hydroxyl groups excluding tert-OH is 2. The van der Waals surface area contributed by atoms with Crippen molar-refractivity contribution in [3.05, 3.63) is 0 Å². The molecule has 10 heavy (non-hydrogen) atoms. The monoisotopic (exact) mass is 164 g/mol. The lowest BCUT2D eigenvalue weighted by Crippen LogP contribution is -1.95. The first-order chi connectivity index (χ1) is 4.84. The van der Waals surface area contributed by atoms with E-state index in [1.807, 2.05) is 0 Å². The average Bonchev–Trinajstić information content (AvgIpc) is 2.60. The molecule has 0 aromatic rings. The molecular formula is C6H12O3S. The fourth-order valence-corrected chi connectivity index (χ4v) is 1.44. The smallest absolute Gasteiger partial charge is 0.181 e. The summed E-state index contributed by atoms with van der Waals surface area (Å²) in [5, 5.41) is 17.1. The Hall–Kier alpha value is 0.230. The predicted molar refractivity (Wildman–Crippen MR) is 39.9 cm³/mol. The highest BCUT2D eigenvalue weighted by Crippen LogP contribution is 2.23. The van der Waals surface area contributed by atoms with Crippen LogP contribution in [-0.4, -0.2) is 40.7 Å². The second kappa shape index (κ2) is 4.18. The van der Waals surface area contributed by atoms with E-state index < -0.39 is 6.29 Å². The molecule has 1 saturated heterocycles. The zero-order chi connectivity index (χ0) is 7.40. The largest absolute Gasteiger partial charge is 0.396 e. The molecule has 0 bridgehead atoms. The first kappa shape index (κ1) is 8.33. The van der Waals surface area contributed by atoms with E-state index in [4.69, 9.17) is 14.9 Å². The lowest BCUT2D eigenvalue weighted by Gasteiger charge is -1.94. The third-order valence-electron chi connectivity index (χ3n) is 1.34.